The Labute approximate surface area is 207 Å². The van der Waals surface area contributed by atoms with E-state index in [2.05, 4.69) is 21.8 Å². The van der Waals surface area contributed by atoms with E-state index in [1.54, 1.807) is 43.4 Å². The highest BCUT2D eigenvalue weighted by molar-refractivity contribution is 8.15. The minimum Gasteiger partial charge on any atom is -0.378 e. The lowest BCUT2D eigenvalue weighted by Crippen LogP contribution is -2.39. The van der Waals surface area contributed by atoms with E-state index in [4.69, 9.17) is 5.73 Å². The number of hydrogen-bond acceptors (Lipinski definition) is 5. The molecule has 4 atom stereocenters. The summed E-state index contributed by atoms with van der Waals surface area (Å²) in [6.07, 6.45) is 5.15. The van der Waals surface area contributed by atoms with E-state index < -0.39 is 22.4 Å². The van der Waals surface area contributed by atoms with Gasteiger partial charge in [0.05, 0.1) is 11.7 Å². The zero-order valence-electron chi connectivity index (χ0n) is 19.8. The Bertz CT molecular complexity index is 1310. The Morgan fingerprint density at radius 2 is 2.06 bits per heavy atom. The van der Waals surface area contributed by atoms with E-state index >= 15 is 0 Å². The first-order chi connectivity index (χ1) is 16.7. The summed E-state index contributed by atoms with van der Waals surface area (Å²) in [5, 5.41) is 0.256. The molecular formula is C27H26F2N4OS. The highest BCUT2D eigenvalue weighted by Crippen LogP contribution is 2.68. The summed E-state index contributed by atoms with van der Waals surface area (Å²) in [5.74, 6) is 5.41. The molecule has 2 N–H and O–H groups in total. The maximum absolute atomic E-state index is 15.0. The van der Waals surface area contributed by atoms with Crippen LogP contribution in [-0.4, -0.2) is 39.8 Å². The van der Waals surface area contributed by atoms with Crippen LogP contribution in [0.25, 0.3) is 11.9 Å². The van der Waals surface area contributed by atoms with Gasteiger partial charge in [-0.1, -0.05) is 36.6 Å². The third-order valence-corrected chi connectivity index (χ3v) is 8.33. The Morgan fingerprint density at radius 3 is 2.71 bits per heavy atom. The monoisotopic (exact) mass is 492 g/mol. The van der Waals surface area contributed by atoms with E-state index in [-0.39, 0.29) is 28.6 Å². The molecule has 3 aliphatic rings. The molecule has 0 radical (unpaired) electrons. The van der Waals surface area contributed by atoms with Crippen molar-refractivity contribution in [1.29, 1.82) is 0 Å². The third kappa shape index (κ3) is 4.34. The first kappa shape index (κ1) is 23.6. The average molecular weight is 493 g/mol. The van der Waals surface area contributed by atoms with Gasteiger partial charge in [0, 0.05) is 43.3 Å². The molecule has 0 spiro atoms. The lowest BCUT2D eigenvalue weighted by atomic mass is 9.97. The van der Waals surface area contributed by atoms with Crippen molar-refractivity contribution in [1.82, 2.24) is 9.88 Å². The summed E-state index contributed by atoms with van der Waals surface area (Å²) in [5.41, 5.74) is 7.80. The van der Waals surface area contributed by atoms with Gasteiger partial charge in [-0.25, -0.2) is 8.78 Å². The number of hydrogen-bond donors (Lipinski definition) is 1. The molecule has 35 heavy (non-hydrogen) atoms. The summed E-state index contributed by atoms with van der Waals surface area (Å²) >= 11 is 1.26. The van der Waals surface area contributed by atoms with Gasteiger partial charge in [-0.3, -0.25) is 14.8 Å². The smallest absolute Gasteiger partial charge is 0.239 e. The molecule has 1 aromatic carbocycles. The third-order valence-electron chi connectivity index (χ3n) is 6.86. The van der Waals surface area contributed by atoms with Gasteiger partial charge in [0.1, 0.15) is 16.4 Å². The van der Waals surface area contributed by atoms with Crippen molar-refractivity contribution in [3.8, 4) is 11.8 Å². The lowest BCUT2D eigenvalue weighted by molar-refractivity contribution is -0.129. The summed E-state index contributed by atoms with van der Waals surface area (Å²) < 4.78 is 29.2. The number of aromatic nitrogens is 1. The van der Waals surface area contributed by atoms with E-state index in [9.17, 15) is 13.6 Å². The van der Waals surface area contributed by atoms with Crippen LogP contribution in [0.1, 0.15) is 48.2 Å². The van der Waals surface area contributed by atoms with Crippen molar-refractivity contribution in [3.05, 3.63) is 64.7 Å². The number of amidine groups is 1. The molecule has 0 bridgehead atoms. The Kier molecular flexibility index (Phi) is 5.92. The normalized spacial score (nSPS) is 27.3. The molecular weight excluding hydrogens is 466 g/mol. The minimum atomic E-state index is -0.752. The number of halogens is 2. The van der Waals surface area contributed by atoms with Gasteiger partial charge in [-0.2, -0.15) is 0 Å². The quantitative estimate of drug-likeness (QED) is 0.631. The van der Waals surface area contributed by atoms with Crippen LogP contribution in [0.2, 0.25) is 0 Å². The predicted molar refractivity (Wildman–Crippen MR) is 135 cm³/mol. The number of benzene rings is 1. The van der Waals surface area contributed by atoms with Crippen LogP contribution in [0.15, 0.2) is 41.5 Å². The van der Waals surface area contributed by atoms with Gasteiger partial charge in [0.25, 0.3) is 0 Å². The second kappa shape index (κ2) is 8.80. The molecule has 2 fully saturated rings. The summed E-state index contributed by atoms with van der Waals surface area (Å²) in [6.45, 7) is 1.96. The Morgan fingerprint density at radius 1 is 1.29 bits per heavy atom. The molecule has 3 unspecified atom stereocenters. The van der Waals surface area contributed by atoms with Crippen LogP contribution in [0.5, 0.6) is 0 Å². The largest absolute Gasteiger partial charge is 0.378 e. The maximum Gasteiger partial charge on any atom is 0.239 e. The molecule has 1 aromatic heterocycles. The second-order valence-electron chi connectivity index (χ2n) is 9.57. The SMILES string of the molecule is C[C@H]1C2C(c3cc(/C=C(\F)c4ccc(C#CC5CC5)cn4)ccc3F)N=C(N)SC21C(=O)N(C)C. The van der Waals surface area contributed by atoms with E-state index in [0.29, 0.717) is 17.0 Å². The fourth-order valence-corrected chi connectivity index (χ4v) is 6.28. The second-order valence-corrected chi connectivity index (χ2v) is 10.9. The summed E-state index contributed by atoms with van der Waals surface area (Å²) in [7, 11) is 3.40. The number of carbonyl (C=O) groups excluding carboxylic acids is 1. The average Bonchev–Trinajstić information content (AvgIpc) is 3.76. The highest BCUT2D eigenvalue weighted by Gasteiger charge is 2.73. The van der Waals surface area contributed by atoms with Crippen LogP contribution in [0.4, 0.5) is 8.78 Å². The number of nitrogens with two attached hydrogens (primary N) is 1. The molecule has 1 amide bonds. The number of carbonyl (C=O) groups is 1. The molecule has 2 aliphatic carbocycles. The lowest BCUT2D eigenvalue weighted by Gasteiger charge is -2.27. The number of amides is 1. The molecule has 5 rings (SSSR count). The topological polar surface area (TPSA) is 71.6 Å². The molecule has 2 aromatic rings. The van der Waals surface area contributed by atoms with Crippen molar-refractivity contribution in [2.24, 2.45) is 28.5 Å². The Hall–Kier alpha value is -3.18. The molecule has 1 aliphatic heterocycles. The highest BCUT2D eigenvalue weighted by atomic mass is 32.2. The van der Waals surface area contributed by atoms with Gasteiger partial charge < -0.3 is 10.6 Å². The van der Waals surface area contributed by atoms with E-state index in [1.165, 1.54) is 30.0 Å². The number of aliphatic imine (C=N–C) groups is 1. The van der Waals surface area contributed by atoms with Crippen molar-refractivity contribution in [2.45, 2.75) is 30.6 Å². The number of nitrogens with zero attached hydrogens (tertiary/aromatic N) is 3. The fourth-order valence-electron chi connectivity index (χ4n) is 4.76. The van der Waals surface area contributed by atoms with Gasteiger partial charge in [-0.05, 0) is 54.7 Å². The first-order valence-electron chi connectivity index (χ1n) is 11.6. The summed E-state index contributed by atoms with van der Waals surface area (Å²) in [4.78, 5) is 23.2. The van der Waals surface area contributed by atoms with Crippen LogP contribution in [-0.2, 0) is 4.79 Å². The van der Waals surface area contributed by atoms with Crippen LogP contribution in [0.3, 0.4) is 0 Å². The van der Waals surface area contributed by atoms with Crippen LogP contribution in [0, 0.1) is 35.4 Å². The van der Waals surface area contributed by atoms with Crippen molar-refractivity contribution in [2.75, 3.05) is 14.1 Å². The number of rotatable bonds is 4. The fraction of sp³-hybridized carbons (Fsp3) is 0.370. The van der Waals surface area contributed by atoms with Gasteiger partial charge in [-0.15, -0.1) is 0 Å². The number of fused-ring (bicyclic) bond motifs is 1. The molecule has 0 saturated heterocycles. The zero-order chi connectivity index (χ0) is 24.9. The maximum atomic E-state index is 15.0. The number of thioether (sulfide) groups is 1. The Balaban J connectivity index is 1.42. The van der Waals surface area contributed by atoms with Gasteiger partial charge in [0.2, 0.25) is 5.91 Å². The first-order valence-corrected chi connectivity index (χ1v) is 12.4. The number of pyridine rings is 1. The van der Waals surface area contributed by atoms with E-state index in [0.717, 1.165) is 18.4 Å². The molecule has 2 heterocycles. The van der Waals surface area contributed by atoms with Gasteiger partial charge >= 0.3 is 0 Å². The predicted octanol–water partition coefficient (Wildman–Crippen LogP) is 4.65. The zero-order valence-corrected chi connectivity index (χ0v) is 20.6. The van der Waals surface area contributed by atoms with Gasteiger partial charge in [0.15, 0.2) is 5.17 Å². The molecule has 8 heteroatoms. The van der Waals surface area contributed by atoms with Crippen LogP contribution >= 0.6 is 11.8 Å². The standard InChI is InChI=1S/C27H26F2N4OS/c1-15-23-24(32-26(30)35-27(15,23)25(34)33(2)3)19-12-18(8-10-20(19)28)13-21(29)22-11-9-17(14-31-22)7-6-16-4-5-16/h8-16,23-24H,4-5H2,1-3H3,(H2,30,32)/b21-13-/t15-,23?,24?,27?/m0/s1. The summed E-state index contributed by atoms with van der Waals surface area (Å²) in [6, 6.07) is 7.10. The van der Waals surface area contributed by atoms with E-state index in [1.807, 2.05) is 6.92 Å². The molecule has 5 nitrogen and oxygen atoms in total. The van der Waals surface area contributed by atoms with Crippen molar-refractivity contribution >= 4 is 34.7 Å². The minimum absolute atomic E-state index is 0.0294. The molecule has 180 valence electrons. The van der Waals surface area contributed by atoms with Crippen LogP contribution < -0.4 is 5.73 Å². The molecule has 2 saturated carbocycles. The van der Waals surface area contributed by atoms with Crippen molar-refractivity contribution in [3.63, 3.8) is 0 Å². The van der Waals surface area contributed by atoms with Crippen molar-refractivity contribution < 1.29 is 13.6 Å².